The molecule has 0 aromatic heterocycles. The Morgan fingerprint density at radius 1 is 1.25 bits per heavy atom. The van der Waals surface area contributed by atoms with Crippen LogP contribution < -0.4 is 9.47 Å². The second-order valence-corrected chi connectivity index (χ2v) is 7.33. The predicted molar refractivity (Wildman–Crippen MR) is 112 cm³/mol. The van der Waals surface area contributed by atoms with Crippen molar-refractivity contribution >= 4 is 17.3 Å². The molecular weight excluding hydrogens is 427 g/mol. The zero-order chi connectivity index (χ0) is 23.3. The molecule has 0 fully saturated rings. The third-order valence-corrected chi connectivity index (χ3v) is 4.83. The highest BCUT2D eigenvalue weighted by Crippen LogP contribution is 2.32. The number of alkyl halides is 3. The number of aliphatic carboxylic acids is 1. The number of halogens is 3. The fourth-order valence-corrected chi connectivity index (χ4v) is 3.34. The number of oxime groups is 1. The lowest BCUT2D eigenvalue weighted by Crippen LogP contribution is -2.18. The topological polar surface area (TPSA) is 77.4 Å². The lowest BCUT2D eigenvalue weighted by Gasteiger charge is -2.16. The predicted octanol–water partition coefficient (Wildman–Crippen LogP) is 5.53. The van der Waals surface area contributed by atoms with Gasteiger partial charge in [-0.3, -0.25) is 4.79 Å². The van der Waals surface area contributed by atoms with Crippen molar-refractivity contribution in [2.45, 2.75) is 38.7 Å². The average Bonchev–Trinajstić information content (AvgIpc) is 3.25. The van der Waals surface area contributed by atoms with Crippen LogP contribution in [-0.2, 0) is 16.2 Å². The summed E-state index contributed by atoms with van der Waals surface area (Å²) in [5.74, 6) is -1.11. The SMILES string of the molecule is C=C(C)c1cc(COc2ccc([C@H](CC(=O)O)C3=NOCC3)cc2)ccc1OC(F)(F)F. The third kappa shape index (κ3) is 6.26. The van der Waals surface area contributed by atoms with E-state index in [0.29, 0.717) is 35.6 Å². The van der Waals surface area contributed by atoms with Crippen LogP contribution >= 0.6 is 0 Å². The molecule has 1 N–H and O–H groups in total. The summed E-state index contributed by atoms with van der Waals surface area (Å²) in [7, 11) is 0. The van der Waals surface area contributed by atoms with Crippen LogP contribution in [0.4, 0.5) is 13.2 Å². The van der Waals surface area contributed by atoms with E-state index < -0.39 is 12.3 Å². The van der Waals surface area contributed by atoms with Gasteiger partial charge in [-0.15, -0.1) is 13.2 Å². The van der Waals surface area contributed by atoms with Crippen LogP contribution in [0.25, 0.3) is 5.57 Å². The molecule has 1 heterocycles. The molecule has 170 valence electrons. The highest BCUT2D eigenvalue weighted by molar-refractivity contribution is 5.94. The van der Waals surface area contributed by atoms with Gasteiger partial charge in [0, 0.05) is 17.9 Å². The summed E-state index contributed by atoms with van der Waals surface area (Å²) in [6.45, 7) is 5.85. The van der Waals surface area contributed by atoms with Crippen molar-refractivity contribution in [2.24, 2.45) is 5.16 Å². The van der Waals surface area contributed by atoms with Crippen LogP contribution in [0.1, 0.15) is 42.4 Å². The van der Waals surface area contributed by atoms with E-state index in [-0.39, 0.29) is 30.3 Å². The smallest absolute Gasteiger partial charge is 0.489 e. The van der Waals surface area contributed by atoms with Gasteiger partial charge in [0.15, 0.2) is 0 Å². The zero-order valence-corrected chi connectivity index (χ0v) is 17.3. The molecule has 1 aliphatic heterocycles. The van der Waals surface area contributed by atoms with Gasteiger partial charge < -0.3 is 19.4 Å². The average molecular weight is 449 g/mol. The van der Waals surface area contributed by atoms with Gasteiger partial charge in [-0.2, -0.15) is 0 Å². The Balaban J connectivity index is 1.70. The minimum absolute atomic E-state index is 0.0988. The van der Waals surface area contributed by atoms with Gasteiger partial charge in [-0.1, -0.05) is 29.9 Å². The molecule has 0 radical (unpaired) electrons. The molecule has 0 amide bonds. The summed E-state index contributed by atoms with van der Waals surface area (Å²) in [4.78, 5) is 16.3. The second-order valence-electron chi connectivity index (χ2n) is 7.33. The van der Waals surface area contributed by atoms with E-state index in [9.17, 15) is 23.1 Å². The summed E-state index contributed by atoms with van der Waals surface area (Å²) in [5, 5.41) is 13.2. The summed E-state index contributed by atoms with van der Waals surface area (Å²) in [6, 6.07) is 11.2. The molecule has 2 aromatic carbocycles. The van der Waals surface area contributed by atoms with Crippen LogP contribution in [0.15, 0.2) is 54.2 Å². The van der Waals surface area contributed by atoms with Crippen molar-refractivity contribution in [1.29, 1.82) is 0 Å². The molecule has 0 saturated carbocycles. The first-order valence-corrected chi connectivity index (χ1v) is 9.80. The number of nitrogens with zero attached hydrogens (tertiary/aromatic N) is 1. The zero-order valence-electron chi connectivity index (χ0n) is 17.3. The summed E-state index contributed by atoms with van der Waals surface area (Å²) in [5.41, 5.74) is 2.79. The standard InChI is InChI=1S/C23H22F3NO5/c1-14(2)18-11-15(3-8-21(18)32-23(24,25)26)13-30-17-6-4-16(5-7-17)19(12-22(28)29)20-9-10-31-27-20/h3-8,11,19H,1,9-10,12-13H2,2H3,(H,28,29)/t19-/m0/s1. The van der Waals surface area contributed by atoms with Crippen molar-refractivity contribution in [3.8, 4) is 11.5 Å². The van der Waals surface area contributed by atoms with Crippen LogP contribution in [0.2, 0.25) is 0 Å². The van der Waals surface area contributed by atoms with Crippen LogP contribution in [0, 0.1) is 0 Å². The van der Waals surface area contributed by atoms with Crippen molar-refractivity contribution < 1.29 is 37.4 Å². The molecule has 9 heteroatoms. The largest absolute Gasteiger partial charge is 0.573 e. The van der Waals surface area contributed by atoms with E-state index in [1.165, 1.54) is 12.1 Å². The van der Waals surface area contributed by atoms with E-state index in [1.54, 1.807) is 37.3 Å². The molecule has 0 spiro atoms. The maximum Gasteiger partial charge on any atom is 0.573 e. The Kier molecular flexibility index (Phi) is 7.07. The fraction of sp³-hybridized carbons (Fsp3) is 0.304. The van der Waals surface area contributed by atoms with Crippen molar-refractivity contribution in [1.82, 2.24) is 0 Å². The van der Waals surface area contributed by atoms with Crippen LogP contribution in [-0.4, -0.2) is 29.8 Å². The van der Waals surface area contributed by atoms with Crippen molar-refractivity contribution in [3.05, 3.63) is 65.7 Å². The lowest BCUT2D eigenvalue weighted by molar-refractivity contribution is -0.274. The molecule has 32 heavy (non-hydrogen) atoms. The van der Waals surface area contributed by atoms with Gasteiger partial charge in [0.2, 0.25) is 0 Å². The quantitative estimate of drug-likeness (QED) is 0.545. The third-order valence-electron chi connectivity index (χ3n) is 4.83. The maximum atomic E-state index is 12.6. The molecule has 0 saturated heterocycles. The Labute approximate surface area is 182 Å². The first kappa shape index (κ1) is 23.2. The molecule has 0 aliphatic carbocycles. The van der Waals surface area contributed by atoms with Crippen molar-refractivity contribution in [2.75, 3.05) is 6.61 Å². The normalized spacial score (nSPS) is 14.3. The van der Waals surface area contributed by atoms with Gasteiger partial charge in [-0.05, 0) is 47.9 Å². The van der Waals surface area contributed by atoms with Gasteiger partial charge in [0.1, 0.15) is 24.7 Å². The summed E-state index contributed by atoms with van der Waals surface area (Å²) >= 11 is 0. The number of carbonyl (C=O) groups is 1. The highest BCUT2D eigenvalue weighted by Gasteiger charge is 2.32. The molecule has 6 nitrogen and oxygen atoms in total. The van der Waals surface area contributed by atoms with E-state index in [2.05, 4.69) is 16.5 Å². The minimum atomic E-state index is -4.79. The second kappa shape index (κ2) is 9.76. The van der Waals surface area contributed by atoms with Crippen LogP contribution in [0.5, 0.6) is 11.5 Å². The maximum absolute atomic E-state index is 12.6. The minimum Gasteiger partial charge on any atom is -0.489 e. The molecule has 3 rings (SSSR count). The number of carboxylic acids is 1. The number of allylic oxidation sites excluding steroid dienone is 1. The number of rotatable bonds is 9. The monoisotopic (exact) mass is 449 g/mol. The van der Waals surface area contributed by atoms with E-state index in [0.717, 1.165) is 5.56 Å². The van der Waals surface area contributed by atoms with E-state index in [1.807, 2.05) is 0 Å². The molecule has 1 atom stereocenters. The molecule has 0 unspecified atom stereocenters. The van der Waals surface area contributed by atoms with E-state index >= 15 is 0 Å². The Morgan fingerprint density at radius 2 is 1.97 bits per heavy atom. The van der Waals surface area contributed by atoms with Gasteiger partial charge in [-0.25, -0.2) is 0 Å². The van der Waals surface area contributed by atoms with Gasteiger partial charge >= 0.3 is 12.3 Å². The number of benzene rings is 2. The number of carboxylic acid groups (broad SMARTS) is 1. The summed E-state index contributed by atoms with van der Waals surface area (Å²) in [6.07, 6.45) is -4.31. The van der Waals surface area contributed by atoms with Gasteiger partial charge in [0.05, 0.1) is 12.1 Å². The fourth-order valence-electron chi connectivity index (χ4n) is 3.34. The van der Waals surface area contributed by atoms with Crippen molar-refractivity contribution in [3.63, 3.8) is 0 Å². The Morgan fingerprint density at radius 3 is 2.53 bits per heavy atom. The molecule has 0 bridgehead atoms. The number of ether oxygens (including phenoxy) is 2. The van der Waals surface area contributed by atoms with Crippen LogP contribution in [0.3, 0.4) is 0 Å². The lowest BCUT2D eigenvalue weighted by atomic mass is 9.89. The Hall–Kier alpha value is -3.49. The number of hydrogen-bond donors (Lipinski definition) is 1. The van der Waals surface area contributed by atoms with Gasteiger partial charge in [0.25, 0.3) is 0 Å². The molecular formula is C23H22F3NO5. The first-order chi connectivity index (χ1) is 15.1. The highest BCUT2D eigenvalue weighted by atomic mass is 19.4. The molecule has 2 aromatic rings. The number of hydrogen-bond acceptors (Lipinski definition) is 5. The first-order valence-electron chi connectivity index (χ1n) is 9.80. The van der Waals surface area contributed by atoms with E-state index in [4.69, 9.17) is 9.57 Å². The molecule has 1 aliphatic rings. The Bertz CT molecular complexity index is 1020. The summed E-state index contributed by atoms with van der Waals surface area (Å²) < 4.78 is 47.6.